The molecule has 0 spiro atoms. The Morgan fingerprint density at radius 1 is 1.30 bits per heavy atom. The zero-order chi connectivity index (χ0) is 17.0. The number of carbonyl (C=O) groups is 2. The van der Waals surface area contributed by atoms with E-state index in [0.717, 1.165) is 10.0 Å². The SMILES string of the molecule is Cc1cc(Br)ccc1NC(=O)CN(C)C(=O)c1ccc(=O)[nH]n1. The number of nitrogens with one attached hydrogen (secondary N) is 2. The Hall–Kier alpha value is -2.48. The van der Waals surface area contributed by atoms with Crippen LogP contribution in [-0.4, -0.2) is 40.5 Å². The maximum Gasteiger partial charge on any atom is 0.274 e. The quantitative estimate of drug-likeness (QED) is 0.843. The molecular weight excluding hydrogens is 364 g/mol. The molecule has 0 aliphatic heterocycles. The van der Waals surface area contributed by atoms with Crippen LogP contribution < -0.4 is 10.9 Å². The van der Waals surface area contributed by atoms with Gasteiger partial charge < -0.3 is 10.2 Å². The third kappa shape index (κ3) is 4.49. The molecule has 1 heterocycles. The van der Waals surface area contributed by atoms with E-state index in [2.05, 4.69) is 31.4 Å². The summed E-state index contributed by atoms with van der Waals surface area (Å²) in [5, 5.41) is 8.58. The summed E-state index contributed by atoms with van der Waals surface area (Å²) in [7, 11) is 1.49. The lowest BCUT2D eigenvalue weighted by Gasteiger charge is -2.16. The number of nitrogens with zero attached hydrogens (tertiary/aromatic N) is 2. The second-order valence-electron chi connectivity index (χ2n) is 4.98. The number of amides is 2. The van der Waals surface area contributed by atoms with Gasteiger partial charge in [0.2, 0.25) is 5.91 Å². The van der Waals surface area contributed by atoms with E-state index in [-0.39, 0.29) is 18.1 Å². The first-order valence-corrected chi connectivity index (χ1v) is 7.53. The van der Waals surface area contributed by atoms with Gasteiger partial charge in [-0.3, -0.25) is 14.4 Å². The highest BCUT2D eigenvalue weighted by atomic mass is 79.9. The molecule has 0 aliphatic carbocycles. The normalized spacial score (nSPS) is 10.2. The van der Waals surface area contributed by atoms with Crippen LogP contribution in [0.4, 0.5) is 5.69 Å². The van der Waals surface area contributed by atoms with Gasteiger partial charge in [-0.25, -0.2) is 5.10 Å². The zero-order valence-corrected chi connectivity index (χ0v) is 14.2. The van der Waals surface area contributed by atoms with Crippen molar-refractivity contribution in [2.24, 2.45) is 0 Å². The molecule has 0 saturated heterocycles. The Morgan fingerprint density at radius 2 is 2.04 bits per heavy atom. The van der Waals surface area contributed by atoms with Gasteiger partial charge in [0.1, 0.15) is 5.69 Å². The van der Waals surface area contributed by atoms with E-state index in [0.29, 0.717) is 5.69 Å². The molecule has 2 N–H and O–H groups in total. The third-order valence-corrected chi connectivity index (χ3v) is 3.58. The lowest BCUT2D eigenvalue weighted by atomic mass is 10.2. The van der Waals surface area contributed by atoms with Gasteiger partial charge in [0, 0.05) is 23.3 Å². The molecule has 23 heavy (non-hydrogen) atoms. The van der Waals surface area contributed by atoms with E-state index >= 15 is 0 Å². The third-order valence-electron chi connectivity index (χ3n) is 3.09. The van der Waals surface area contributed by atoms with Crippen molar-refractivity contribution in [2.75, 3.05) is 18.9 Å². The van der Waals surface area contributed by atoms with Gasteiger partial charge in [0.05, 0.1) is 6.54 Å². The second kappa shape index (κ2) is 7.19. The number of aryl methyl sites for hydroxylation is 1. The molecular formula is C15H15BrN4O3. The highest BCUT2D eigenvalue weighted by Crippen LogP contribution is 2.19. The average molecular weight is 379 g/mol. The second-order valence-corrected chi connectivity index (χ2v) is 5.89. The summed E-state index contributed by atoms with van der Waals surface area (Å²) in [6, 6.07) is 8.01. The number of rotatable bonds is 4. The number of benzene rings is 1. The van der Waals surface area contributed by atoms with Gasteiger partial charge in [-0.05, 0) is 36.8 Å². The van der Waals surface area contributed by atoms with E-state index in [4.69, 9.17) is 0 Å². The molecule has 0 fully saturated rings. The van der Waals surface area contributed by atoms with Crippen LogP contribution in [0.2, 0.25) is 0 Å². The first-order valence-electron chi connectivity index (χ1n) is 6.74. The molecule has 2 aromatic rings. The maximum absolute atomic E-state index is 12.1. The van der Waals surface area contributed by atoms with Crippen LogP contribution in [0, 0.1) is 6.92 Å². The molecule has 2 rings (SSSR count). The topological polar surface area (TPSA) is 95.2 Å². The van der Waals surface area contributed by atoms with Gasteiger partial charge in [-0.15, -0.1) is 0 Å². The maximum atomic E-state index is 12.1. The first kappa shape index (κ1) is 16.9. The van der Waals surface area contributed by atoms with Crippen LogP contribution >= 0.6 is 15.9 Å². The van der Waals surface area contributed by atoms with Crippen LogP contribution in [0.3, 0.4) is 0 Å². The lowest BCUT2D eigenvalue weighted by molar-refractivity contribution is -0.116. The molecule has 0 radical (unpaired) electrons. The fourth-order valence-electron chi connectivity index (χ4n) is 1.90. The van der Waals surface area contributed by atoms with Gasteiger partial charge >= 0.3 is 0 Å². The van der Waals surface area contributed by atoms with Crippen molar-refractivity contribution in [3.05, 3.63) is 56.4 Å². The molecule has 0 saturated carbocycles. The fourth-order valence-corrected chi connectivity index (χ4v) is 2.38. The van der Waals surface area contributed by atoms with Crippen molar-refractivity contribution in [2.45, 2.75) is 6.92 Å². The summed E-state index contributed by atoms with van der Waals surface area (Å²) < 4.78 is 0.921. The number of likely N-dealkylation sites (N-methyl/N-ethyl adjacent to an activating group) is 1. The van der Waals surface area contributed by atoms with E-state index < -0.39 is 11.5 Å². The summed E-state index contributed by atoms with van der Waals surface area (Å²) in [6.45, 7) is 1.74. The zero-order valence-electron chi connectivity index (χ0n) is 12.6. The number of halogens is 1. The Bertz CT molecular complexity index is 783. The minimum absolute atomic E-state index is 0.0692. The molecule has 120 valence electrons. The fraction of sp³-hybridized carbons (Fsp3) is 0.200. The lowest BCUT2D eigenvalue weighted by Crippen LogP contribution is -2.35. The standard InChI is InChI=1S/C15H15BrN4O3/c1-9-7-10(16)3-4-11(9)17-14(22)8-20(2)15(23)12-5-6-13(21)19-18-12/h3-7H,8H2,1-2H3,(H,17,22)(H,19,21). The number of carbonyl (C=O) groups excluding carboxylic acids is 2. The summed E-state index contributed by atoms with van der Waals surface area (Å²) in [5.41, 5.74) is 1.26. The number of H-pyrrole nitrogens is 1. The molecule has 7 nitrogen and oxygen atoms in total. The Morgan fingerprint density at radius 3 is 2.65 bits per heavy atom. The molecule has 0 atom stereocenters. The molecule has 0 unspecified atom stereocenters. The highest BCUT2D eigenvalue weighted by molar-refractivity contribution is 9.10. The van der Waals surface area contributed by atoms with Gasteiger partial charge in [0.15, 0.2) is 0 Å². The molecule has 8 heteroatoms. The molecule has 1 aromatic heterocycles. The van der Waals surface area contributed by atoms with E-state index in [9.17, 15) is 14.4 Å². The summed E-state index contributed by atoms with van der Waals surface area (Å²) in [6.07, 6.45) is 0. The Kier molecular flexibility index (Phi) is 5.28. The summed E-state index contributed by atoms with van der Waals surface area (Å²) in [5.74, 6) is -0.778. The molecule has 2 amide bonds. The Labute approximate surface area is 140 Å². The van der Waals surface area contributed by atoms with Crippen LogP contribution in [0.5, 0.6) is 0 Å². The number of aromatic nitrogens is 2. The van der Waals surface area contributed by atoms with Crippen LogP contribution in [0.1, 0.15) is 16.1 Å². The van der Waals surface area contributed by atoms with Crippen LogP contribution in [0.15, 0.2) is 39.6 Å². The molecule has 1 aromatic carbocycles. The van der Waals surface area contributed by atoms with Crippen molar-refractivity contribution >= 4 is 33.4 Å². The van der Waals surface area contributed by atoms with Gasteiger partial charge in [-0.1, -0.05) is 15.9 Å². The number of anilines is 1. The molecule has 0 aliphatic rings. The predicted molar refractivity (Wildman–Crippen MR) is 89.3 cm³/mol. The van der Waals surface area contributed by atoms with Crippen molar-refractivity contribution < 1.29 is 9.59 Å². The summed E-state index contributed by atoms with van der Waals surface area (Å²) >= 11 is 3.36. The monoisotopic (exact) mass is 378 g/mol. The minimum Gasteiger partial charge on any atom is -0.331 e. The highest BCUT2D eigenvalue weighted by Gasteiger charge is 2.16. The molecule has 0 bridgehead atoms. The average Bonchev–Trinajstić information content (AvgIpc) is 2.50. The van der Waals surface area contributed by atoms with Crippen molar-refractivity contribution in [3.8, 4) is 0 Å². The van der Waals surface area contributed by atoms with E-state index in [1.165, 1.54) is 24.1 Å². The van der Waals surface area contributed by atoms with Gasteiger partial charge in [-0.2, -0.15) is 5.10 Å². The van der Waals surface area contributed by atoms with Crippen LogP contribution in [-0.2, 0) is 4.79 Å². The predicted octanol–water partition coefficient (Wildman–Crippen LogP) is 1.55. The number of hydrogen-bond acceptors (Lipinski definition) is 4. The van der Waals surface area contributed by atoms with Gasteiger partial charge in [0.25, 0.3) is 11.5 Å². The van der Waals surface area contributed by atoms with E-state index in [1.54, 1.807) is 6.07 Å². The first-order chi connectivity index (χ1) is 10.9. The largest absolute Gasteiger partial charge is 0.331 e. The minimum atomic E-state index is -0.455. The number of aromatic amines is 1. The van der Waals surface area contributed by atoms with Crippen LogP contribution in [0.25, 0.3) is 0 Å². The smallest absolute Gasteiger partial charge is 0.274 e. The number of hydrogen-bond donors (Lipinski definition) is 2. The van der Waals surface area contributed by atoms with Crippen molar-refractivity contribution in [1.82, 2.24) is 15.1 Å². The summed E-state index contributed by atoms with van der Waals surface area (Å²) in [4.78, 5) is 36.3. The van der Waals surface area contributed by atoms with Crippen molar-refractivity contribution in [1.29, 1.82) is 0 Å². The van der Waals surface area contributed by atoms with E-state index in [1.807, 2.05) is 19.1 Å². The van der Waals surface area contributed by atoms with Crippen molar-refractivity contribution in [3.63, 3.8) is 0 Å². The Balaban J connectivity index is 2.00.